The van der Waals surface area contributed by atoms with Crippen molar-refractivity contribution in [2.45, 2.75) is 64.9 Å². The quantitative estimate of drug-likeness (QED) is 0.867. The molecule has 1 N–H and O–H groups in total. The molecule has 5 heteroatoms. The first-order valence-corrected chi connectivity index (χ1v) is 10.2. The molecule has 0 spiro atoms. The van der Waals surface area contributed by atoms with E-state index >= 15 is 0 Å². The Kier molecular flexibility index (Phi) is 5.37. The number of hydrogen-bond acceptors (Lipinski definition) is 3. The first kappa shape index (κ1) is 17.2. The third kappa shape index (κ3) is 4.93. The van der Waals surface area contributed by atoms with Gasteiger partial charge in [-0.25, -0.2) is 12.7 Å². The summed E-state index contributed by atoms with van der Waals surface area (Å²) in [5.41, 5.74) is 0.425. The van der Waals surface area contributed by atoms with Gasteiger partial charge in [-0.05, 0) is 62.2 Å². The minimum atomic E-state index is -3.08. The molecule has 4 nitrogen and oxygen atoms in total. The minimum Gasteiger partial charge on any atom is -0.393 e. The molecule has 0 bridgehead atoms. The van der Waals surface area contributed by atoms with E-state index in [1.54, 1.807) is 4.31 Å². The van der Waals surface area contributed by atoms with E-state index in [0.717, 1.165) is 32.1 Å². The molecule has 2 rings (SSSR count). The van der Waals surface area contributed by atoms with Crippen LogP contribution in [0.15, 0.2) is 0 Å². The summed E-state index contributed by atoms with van der Waals surface area (Å²) in [6, 6.07) is 0. The van der Waals surface area contributed by atoms with Crippen LogP contribution in [0.5, 0.6) is 0 Å². The summed E-state index contributed by atoms with van der Waals surface area (Å²) in [7, 11) is -3.08. The zero-order chi connectivity index (χ0) is 15.7. The summed E-state index contributed by atoms with van der Waals surface area (Å²) in [6.07, 6.45) is 8.35. The van der Waals surface area contributed by atoms with Gasteiger partial charge in [-0.3, -0.25) is 0 Å². The topological polar surface area (TPSA) is 57.6 Å². The summed E-state index contributed by atoms with van der Waals surface area (Å²) in [6.45, 7) is 5.85. The molecule has 1 saturated heterocycles. The Morgan fingerprint density at radius 3 is 2.43 bits per heavy atom. The summed E-state index contributed by atoms with van der Waals surface area (Å²) >= 11 is 0. The van der Waals surface area contributed by atoms with Gasteiger partial charge in [-0.1, -0.05) is 13.8 Å². The summed E-state index contributed by atoms with van der Waals surface area (Å²) in [5, 5.41) is 10.5. The fraction of sp³-hybridized carbons (Fsp3) is 1.00. The molecular weight excluding hydrogens is 286 g/mol. The molecule has 0 amide bonds. The van der Waals surface area contributed by atoms with Gasteiger partial charge in [-0.15, -0.1) is 0 Å². The predicted molar refractivity (Wildman–Crippen MR) is 85.5 cm³/mol. The van der Waals surface area contributed by atoms with Crippen molar-refractivity contribution < 1.29 is 13.5 Å². The first-order chi connectivity index (χ1) is 9.67. The summed E-state index contributed by atoms with van der Waals surface area (Å²) in [5.74, 6) is 0.727. The molecule has 2 fully saturated rings. The van der Waals surface area contributed by atoms with Gasteiger partial charge in [0.2, 0.25) is 10.0 Å². The van der Waals surface area contributed by atoms with E-state index in [0.29, 0.717) is 30.3 Å². The largest absolute Gasteiger partial charge is 0.393 e. The second-order valence-corrected chi connectivity index (χ2v) is 9.92. The minimum absolute atomic E-state index is 0.259. The molecule has 2 unspecified atom stereocenters. The normalized spacial score (nSPS) is 30.2. The number of rotatable bonds is 4. The average Bonchev–Trinajstić information content (AvgIpc) is 2.37. The van der Waals surface area contributed by atoms with Crippen LogP contribution in [0, 0.1) is 17.3 Å². The van der Waals surface area contributed by atoms with Crippen LogP contribution in [0.4, 0.5) is 0 Å². The maximum absolute atomic E-state index is 11.7. The van der Waals surface area contributed by atoms with Crippen LogP contribution in [-0.4, -0.2) is 43.3 Å². The van der Waals surface area contributed by atoms with Crippen LogP contribution in [0.1, 0.15) is 58.8 Å². The Balaban J connectivity index is 1.84. The third-order valence-corrected chi connectivity index (χ3v) is 6.72. The van der Waals surface area contributed by atoms with Crippen LogP contribution in [0.3, 0.4) is 0 Å². The maximum Gasteiger partial charge on any atom is 0.211 e. The molecule has 0 aromatic heterocycles. The Morgan fingerprint density at radius 1 is 1.24 bits per heavy atom. The zero-order valence-electron chi connectivity index (χ0n) is 13.7. The van der Waals surface area contributed by atoms with Crippen molar-refractivity contribution in [2.24, 2.45) is 17.3 Å². The number of aliphatic hydroxyl groups excluding tert-OH is 1. The average molecular weight is 317 g/mol. The van der Waals surface area contributed by atoms with E-state index in [1.807, 2.05) is 0 Å². The number of hydrogen-bond donors (Lipinski definition) is 1. The van der Waals surface area contributed by atoms with Crippen molar-refractivity contribution >= 4 is 10.0 Å². The van der Waals surface area contributed by atoms with Crippen molar-refractivity contribution in [3.8, 4) is 0 Å². The first-order valence-electron chi connectivity index (χ1n) is 8.30. The molecular formula is C16H31NO3S. The van der Waals surface area contributed by atoms with Gasteiger partial charge in [0.25, 0.3) is 0 Å². The SMILES string of the molecule is CC1(C)CCC(C(O)CC2CCCN(S(C)(=O)=O)C2)CC1. The molecule has 2 aliphatic rings. The van der Waals surface area contributed by atoms with Gasteiger partial charge in [0.05, 0.1) is 12.4 Å². The Labute approximate surface area is 130 Å². The number of piperidine rings is 1. The Bertz CT molecular complexity index is 436. The van der Waals surface area contributed by atoms with E-state index in [2.05, 4.69) is 13.8 Å². The van der Waals surface area contributed by atoms with Crippen molar-refractivity contribution in [1.29, 1.82) is 0 Å². The fourth-order valence-corrected chi connectivity index (χ4v) is 4.80. The molecule has 124 valence electrons. The lowest BCUT2D eigenvalue weighted by molar-refractivity contribution is 0.0335. The molecule has 0 aromatic rings. The van der Waals surface area contributed by atoms with Gasteiger partial charge in [0.1, 0.15) is 0 Å². The molecule has 1 aliphatic carbocycles. The van der Waals surface area contributed by atoms with Crippen LogP contribution in [0.2, 0.25) is 0 Å². The lowest BCUT2D eigenvalue weighted by Gasteiger charge is -2.38. The highest BCUT2D eigenvalue weighted by atomic mass is 32.2. The van der Waals surface area contributed by atoms with Crippen molar-refractivity contribution in [3.63, 3.8) is 0 Å². The van der Waals surface area contributed by atoms with Gasteiger partial charge in [-0.2, -0.15) is 0 Å². The highest BCUT2D eigenvalue weighted by Crippen LogP contribution is 2.40. The number of nitrogens with zero attached hydrogens (tertiary/aromatic N) is 1. The van der Waals surface area contributed by atoms with Crippen LogP contribution in [-0.2, 0) is 10.0 Å². The number of aliphatic hydroxyl groups is 1. The highest BCUT2D eigenvalue weighted by molar-refractivity contribution is 7.88. The van der Waals surface area contributed by atoms with Crippen molar-refractivity contribution in [3.05, 3.63) is 0 Å². The maximum atomic E-state index is 11.7. The Morgan fingerprint density at radius 2 is 1.86 bits per heavy atom. The van der Waals surface area contributed by atoms with Crippen LogP contribution in [0.25, 0.3) is 0 Å². The van der Waals surface area contributed by atoms with Gasteiger partial charge >= 0.3 is 0 Å². The van der Waals surface area contributed by atoms with Crippen molar-refractivity contribution in [2.75, 3.05) is 19.3 Å². The van der Waals surface area contributed by atoms with Crippen molar-refractivity contribution in [1.82, 2.24) is 4.31 Å². The summed E-state index contributed by atoms with van der Waals surface area (Å²) in [4.78, 5) is 0. The molecule has 0 radical (unpaired) electrons. The van der Waals surface area contributed by atoms with E-state index in [1.165, 1.54) is 19.1 Å². The predicted octanol–water partition coefficient (Wildman–Crippen LogP) is 2.63. The zero-order valence-corrected chi connectivity index (χ0v) is 14.5. The number of sulfonamides is 1. The second-order valence-electron chi connectivity index (χ2n) is 7.93. The lowest BCUT2D eigenvalue weighted by atomic mass is 9.70. The third-order valence-electron chi connectivity index (χ3n) is 5.45. The van der Waals surface area contributed by atoms with E-state index in [-0.39, 0.29) is 6.10 Å². The van der Waals surface area contributed by atoms with Gasteiger partial charge in [0.15, 0.2) is 0 Å². The molecule has 1 aliphatic heterocycles. The fourth-order valence-electron chi connectivity index (χ4n) is 3.86. The molecule has 0 aromatic carbocycles. The van der Waals surface area contributed by atoms with Gasteiger partial charge < -0.3 is 5.11 Å². The molecule has 21 heavy (non-hydrogen) atoms. The lowest BCUT2D eigenvalue weighted by Crippen LogP contribution is -2.41. The van der Waals surface area contributed by atoms with Gasteiger partial charge in [0, 0.05) is 13.1 Å². The van der Waals surface area contributed by atoms with E-state index < -0.39 is 10.0 Å². The highest BCUT2D eigenvalue weighted by Gasteiger charge is 2.33. The molecule has 2 atom stereocenters. The molecule has 1 saturated carbocycles. The van der Waals surface area contributed by atoms with E-state index in [4.69, 9.17) is 0 Å². The standard InChI is InChI=1S/C16H31NO3S/c1-16(2)8-6-14(7-9-16)15(18)11-13-5-4-10-17(12-13)21(3,19)20/h13-15,18H,4-12H2,1-3H3. The van der Waals surface area contributed by atoms with Crippen LogP contribution >= 0.6 is 0 Å². The monoisotopic (exact) mass is 317 g/mol. The summed E-state index contributed by atoms with van der Waals surface area (Å²) < 4.78 is 24.9. The molecule has 1 heterocycles. The smallest absolute Gasteiger partial charge is 0.211 e. The second kappa shape index (κ2) is 6.55. The van der Waals surface area contributed by atoms with E-state index in [9.17, 15) is 13.5 Å². The van der Waals surface area contributed by atoms with Crippen LogP contribution < -0.4 is 0 Å². The Hall–Kier alpha value is -0.130.